The van der Waals surface area contributed by atoms with Crippen molar-refractivity contribution in [2.24, 2.45) is 0 Å². The predicted molar refractivity (Wildman–Crippen MR) is 101 cm³/mol. The van der Waals surface area contributed by atoms with Gasteiger partial charge < -0.3 is 24.6 Å². The molecule has 2 aromatic rings. The second-order valence-corrected chi connectivity index (χ2v) is 6.00. The highest BCUT2D eigenvalue weighted by molar-refractivity contribution is 5.89. The summed E-state index contributed by atoms with van der Waals surface area (Å²) >= 11 is 0. The van der Waals surface area contributed by atoms with E-state index in [0.29, 0.717) is 24.5 Å². The monoisotopic (exact) mass is 370 g/mol. The van der Waals surface area contributed by atoms with Gasteiger partial charge in [-0.1, -0.05) is 0 Å². The first-order valence-corrected chi connectivity index (χ1v) is 8.66. The lowest BCUT2D eigenvalue weighted by Gasteiger charge is -2.36. The van der Waals surface area contributed by atoms with E-state index in [2.05, 4.69) is 19.9 Å². The zero-order valence-electron chi connectivity index (χ0n) is 15.1. The molecule has 27 heavy (non-hydrogen) atoms. The third-order valence-electron chi connectivity index (χ3n) is 4.28. The van der Waals surface area contributed by atoms with Crippen LogP contribution in [0, 0.1) is 0 Å². The van der Waals surface area contributed by atoms with Crippen molar-refractivity contribution in [3.63, 3.8) is 0 Å². The number of anilines is 2. The first kappa shape index (κ1) is 18.5. The van der Waals surface area contributed by atoms with Crippen molar-refractivity contribution >= 4 is 23.4 Å². The van der Waals surface area contributed by atoms with Crippen molar-refractivity contribution < 1.29 is 19.1 Å². The van der Waals surface area contributed by atoms with Crippen LogP contribution in [0.5, 0.6) is 5.75 Å². The summed E-state index contributed by atoms with van der Waals surface area (Å²) in [5, 5.41) is 2.88. The number of urea groups is 1. The molecule has 0 spiro atoms. The van der Waals surface area contributed by atoms with E-state index in [4.69, 9.17) is 4.74 Å². The number of rotatable bonds is 5. The largest absolute Gasteiger partial charge is 0.482 e. The van der Waals surface area contributed by atoms with Crippen LogP contribution in [0.3, 0.4) is 0 Å². The summed E-state index contributed by atoms with van der Waals surface area (Å²) in [5.41, 5.74) is 1.79. The van der Waals surface area contributed by atoms with Gasteiger partial charge in [-0.15, -0.1) is 0 Å². The standard InChI is InChI=1S/C19H22N4O4/c1-26-18(24)14-27-17-4-2-15(3-5-17)21-19(25)23-12-10-22(11-13-23)16-6-8-20-9-7-16/h2-9H,10-14H2,1H3,(H,21,25). The van der Waals surface area contributed by atoms with Gasteiger partial charge >= 0.3 is 12.0 Å². The number of aromatic nitrogens is 1. The van der Waals surface area contributed by atoms with Crippen LogP contribution in [-0.4, -0.2) is 61.8 Å². The molecule has 8 nitrogen and oxygen atoms in total. The van der Waals surface area contributed by atoms with E-state index in [1.807, 2.05) is 12.1 Å². The molecule has 142 valence electrons. The number of amides is 2. The van der Waals surface area contributed by atoms with Gasteiger partial charge in [-0.2, -0.15) is 0 Å². The van der Waals surface area contributed by atoms with Gasteiger partial charge in [-0.25, -0.2) is 9.59 Å². The highest BCUT2D eigenvalue weighted by Gasteiger charge is 2.21. The smallest absolute Gasteiger partial charge is 0.343 e. The second kappa shape index (κ2) is 8.88. The number of carbonyl (C=O) groups is 2. The topological polar surface area (TPSA) is 84.0 Å². The first-order chi connectivity index (χ1) is 13.2. The van der Waals surface area contributed by atoms with Crippen LogP contribution in [0.1, 0.15) is 0 Å². The molecule has 1 aromatic carbocycles. The average molecular weight is 370 g/mol. The van der Waals surface area contributed by atoms with Gasteiger partial charge in [0.15, 0.2) is 6.61 Å². The Morgan fingerprint density at radius 1 is 1.04 bits per heavy atom. The van der Waals surface area contributed by atoms with Gasteiger partial charge in [0.1, 0.15) is 5.75 Å². The van der Waals surface area contributed by atoms with Crippen LogP contribution >= 0.6 is 0 Å². The lowest BCUT2D eigenvalue weighted by molar-refractivity contribution is -0.142. The fraction of sp³-hybridized carbons (Fsp3) is 0.316. The van der Waals surface area contributed by atoms with Crippen molar-refractivity contribution in [3.8, 4) is 5.75 Å². The van der Waals surface area contributed by atoms with Crippen LogP contribution < -0.4 is 15.0 Å². The van der Waals surface area contributed by atoms with Crippen LogP contribution in [0.25, 0.3) is 0 Å². The minimum atomic E-state index is -0.446. The molecule has 1 aliphatic heterocycles. The number of benzene rings is 1. The lowest BCUT2D eigenvalue weighted by Crippen LogP contribution is -2.50. The van der Waals surface area contributed by atoms with Crippen molar-refractivity contribution in [2.45, 2.75) is 0 Å². The van der Waals surface area contributed by atoms with E-state index in [1.165, 1.54) is 7.11 Å². The molecule has 2 amide bonds. The Balaban J connectivity index is 1.47. The summed E-state index contributed by atoms with van der Waals surface area (Å²) in [7, 11) is 1.31. The summed E-state index contributed by atoms with van der Waals surface area (Å²) in [6.45, 7) is 2.70. The lowest BCUT2D eigenvalue weighted by atomic mass is 10.2. The maximum Gasteiger partial charge on any atom is 0.343 e. The fourth-order valence-electron chi connectivity index (χ4n) is 2.76. The summed E-state index contributed by atoms with van der Waals surface area (Å²) in [6, 6.07) is 10.7. The second-order valence-electron chi connectivity index (χ2n) is 6.00. The van der Waals surface area contributed by atoms with Gasteiger partial charge in [0.05, 0.1) is 7.11 Å². The Bertz CT molecular complexity index is 759. The number of esters is 1. The van der Waals surface area contributed by atoms with Crippen molar-refractivity contribution in [2.75, 3.05) is 50.1 Å². The molecule has 0 saturated carbocycles. The maximum absolute atomic E-state index is 12.4. The number of nitrogens with zero attached hydrogens (tertiary/aromatic N) is 3. The van der Waals surface area contributed by atoms with Crippen LogP contribution in [0.2, 0.25) is 0 Å². The summed E-state index contributed by atoms with van der Waals surface area (Å²) in [6.07, 6.45) is 3.54. The molecule has 0 aliphatic carbocycles. The minimum absolute atomic E-state index is 0.132. The number of nitrogens with one attached hydrogen (secondary N) is 1. The maximum atomic E-state index is 12.4. The Morgan fingerprint density at radius 2 is 1.70 bits per heavy atom. The van der Waals surface area contributed by atoms with Gasteiger partial charge in [0.2, 0.25) is 0 Å². The van der Waals surface area contributed by atoms with Gasteiger partial charge in [0.25, 0.3) is 0 Å². The first-order valence-electron chi connectivity index (χ1n) is 8.66. The fourth-order valence-corrected chi connectivity index (χ4v) is 2.76. The molecule has 0 radical (unpaired) electrons. The zero-order valence-corrected chi connectivity index (χ0v) is 15.1. The number of piperazine rings is 1. The van der Waals surface area contributed by atoms with Crippen molar-refractivity contribution in [3.05, 3.63) is 48.8 Å². The average Bonchev–Trinajstić information content (AvgIpc) is 2.73. The number of pyridine rings is 1. The molecule has 1 aliphatic rings. The highest BCUT2D eigenvalue weighted by Crippen LogP contribution is 2.18. The van der Waals surface area contributed by atoms with Crippen LogP contribution in [0.4, 0.5) is 16.2 Å². The Kier molecular flexibility index (Phi) is 6.09. The molecule has 2 heterocycles. The summed E-state index contributed by atoms with van der Waals surface area (Å²) < 4.78 is 9.80. The number of methoxy groups -OCH3 is 1. The van der Waals surface area contributed by atoms with Gasteiger partial charge in [0, 0.05) is 49.9 Å². The van der Waals surface area contributed by atoms with E-state index in [-0.39, 0.29) is 12.6 Å². The van der Waals surface area contributed by atoms with Crippen LogP contribution in [-0.2, 0) is 9.53 Å². The molecule has 0 atom stereocenters. The van der Waals surface area contributed by atoms with Gasteiger partial charge in [-0.05, 0) is 36.4 Å². The molecule has 1 N–H and O–H groups in total. The molecular weight excluding hydrogens is 348 g/mol. The molecule has 1 aromatic heterocycles. The normalized spacial score (nSPS) is 13.8. The van der Waals surface area contributed by atoms with Gasteiger partial charge in [-0.3, -0.25) is 4.98 Å². The Hall–Kier alpha value is -3.29. The predicted octanol–water partition coefficient (Wildman–Crippen LogP) is 1.99. The van der Waals surface area contributed by atoms with E-state index < -0.39 is 5.97 Å². The molecule has 1 saturated heterocycles. The number of hydrogen-bond donors (Lipinski definition) is 1. The minimum Gasteiger partial charge on any atom is -0.482 e. The summed E-state index contributed by atoms with van der Waals surface area (Å²) in [5.74, 6) is 0.0858. The third kappa shape index (κ3) is 5.10. The number of ether oxygens (including phenoxy) is 2. The Labute approximate surface area is 157 Å². The van der Waals surface area contributed by atoms with E-state index in [1.54, 1.807) is 41.6 Å². The molecule has 1 fully saturated rings. The Morgan fingerprint density at radius 3 is 2.33 bits per heavy atom. The SMILES string of the molecule is COC(=O)COc1ccc(NC(=O)N2CCN(c3ccncc3)CC2)cc1. The molecule has 3 rings (SSSR count). The van der Waals surface area contributed by atoms with E-state index >= 15 is 0 Å². The molecular formula is C19H22N4O4. The van der Waals surface area contributed by atoms with E-state index in [9.17, 15) is 9.59 Å². The number of hydrogen-bond acceptors (Lipinski definition) is 6. The summed E-state index contributed by atoms with van der Waals surface area (Å²) in [4.78, 5) is 31.6. The van der Waals surface area contributed by atoms with Crippen molar-refractivity contribution in [1.82, 2.24) is 9.88 Å². The van der Waals surface area contributed by atoms with E-state index in [0.717, 1.165) is 18.8 Å². The molecule has 0 bridgehead atoms. The van der Waals surface area contributed by atoms with Crippen molar-refractivity contribution in [1.29, 1.82) is 0 Å². The number of carbonyl (C=O) groups excluding carboxylic acids is 2. The molecule has 8 heteroatoms. The quantitative estimate of drug-likeness (QED) is 0.811. The molecule has 0 unspecified atom stereocenters. The van der Waals surface area contributed by atoms with Crippen LogP contribution in [0.15, 0.2) is 48.8 Å². The zero-order chi connectivity index (χ0) is 19.1. The highest BCUT2D eigenvalue weighted by atomic mass is 16.6. The third-order valence-corrected chi connectivity index (χ3v) is 4.28.